The molecular formula is C22H27N2O2+. The van der Waals surface area contributed by atoms with Crippen molar-refractivity contribution in [3.63, 3.8) is 0 Å². The Bertz CT molecular complexity index is 729. The van der Waals surface area contributed by atoms with Gasteiger partial charge in [0.1, 0.15) is 11.8 Å². The number of hydrogen-bond acceptors (Lipinski definition) is 3. The molecule has 0 aromatic heterocycles. The zero-order chi connectivity index (χ0) is 18.6. The van der Waals surface area contributed by atoms with Crippen LogP contribution in [-0.2, 0) is 4.74 Å². The number of allylic oxidation sites excluding steroid dienone is 3. The van der Waals surface area contributed by atoms with Gasteiger partial charge in [-0.3, -0.25) is 0 Å². The summed E-state index contributed by atoms with van der Waals surface area (Å²) in [5.41, 5.74) is 4.53. The zero-order valence-corrected chi connectivity index (χ0v) is 15.8. The van der Waals surface area contributed by atoms with Crippen molar-refractivity contribution in [2.75, 3.05) is 19.6 Å². The lowest BCUT2D eigenvalue weighted by molar-refractivity contribution is 0.0236. The first kappa shape index (κ1) is 18.2. The van der Waals surface area contributed by atoms with Crippen LogP contribution in [0.3, 0.4) is 0 Å². The number of nitrogens with zero attached hydrogens (tertiary/aromatic N) is 1. The van der Waals surface area contributed by atoms with Gasteiger partial charge < -0.3 is 15.0 Å². The normalized spacial score (nSPS) is 17.1. The standard InChI is InChI=1S/C22H27N2O2/c1-22(2,3)26-21(25)24-15-11-19(12-16-24)20(17-7-5-4-6-8-17)18-9-13-23-14-10-18/h4-9,14,23H,11-13,15-16H2,1-3H3/q+1. The molecule has 0 unspecified atom stereocenters. The van der Waals surface area contributed by atoms with Gasteiger partial charge in [0.25, 0.3) is 0 Å². The average Bonchev–Trinajstić information content (AvgIpc) is 2.63. The molecule has 1 saturated heterocycles. The van der Waals surface area contributed by atoms with Crippen LogP contribution in [0.25, 0.3) is 5.57 Å². The summed E-state index contributed by atoms with van der Waals surface area (Å²) in [7, 11) is 0. The lowest BCUT2D eigenvalue weighted by Crippen LogP contribution is -2.40. The highest BCUT2D eigenvalue weighted by Crippen LogP contribution is 2.33. The van der Waals surface area contributed by atoms with Gasteiger partial charge in [-0.25, -0.2) is 4.79 Å². The summed E-state index contributed by atoms with van der Waals surface area (Å²) in [5.74, 6) is 0. The quantitative estimate of drug-likeness (QED) is 0.807. The van der Waals surface area contributed by atoms with Crippen molar-refractivity contribution < 1.29 is 9.53 Å². The first-order chi connectivity index (χ1) is 12.4. The minimum atomic E-state index is -0.456. The molecule has 1 aromatic carbocycles. The first-order valence-corrected chi connectivity index (χ1v) is 9.21. The molecule has 2 aliphatic rings. The minimum Gasteiger partial charge on any atom is -0.444 e. The van der Waals surface area contributed by atoms with E-state index < -0.39 is 5.60 Å². The number of likely N-dealkylation sites (tertiary alicyclic amines) is 1. The average molecular weight is 351 g/mol. The van der Waals surface area contributed by atoms with Gasteiger partial charge >= 0.3 is 6.09 Å². The fraction of sp³-hybridized carbons (Fsp3) is 0.409. The molecule has 1 amide bonds. The number of hydrogen-bond donors (Lipinski definition) is 1. The maximum atomic E-state index is 12.3. The second-order valence-corrected chi connectivity index (χ2v) is 7.63. The second-order valence-electron chi connectivity index (χ2n) is 7.63. The van der Waals surface area contributed by atoms with Crippen molar-refractivity contribution >= 4 is 11.7 Å². The Kier molecular flexibility index (Phi) is 5.43. The molecule has 4 nitrogen and oxygen atoms in total. The predicted octanol–water partition coefficient (Wildman–Crippen LogP) is 4.32. The zero-order valence-electron chi connectivity index (χ0n) is 15.8. The summed E-state index contributed by atoms with van der Waals surface area (Å²) in [6, 6.07) is 10.5. The van der Waals surface area contributed by atoms with E-state index in [-0.39, 0.29) is 6.09 Å². The number of nitrogens with one attached hydrogen (secondary N) is 1. The molecule has 26 heavy (non-hydrogen) atoms. The monoisotopic (exact) mass is 351 g/mol. The highest BCUT2D eigenvalue weighted by atomic mass is 16.6. The number of dihydropyridines is 1. The molecule has 4 heteroatoms. The highest BCUT2D eigenvalue weighted by Gasteiger charge is 2.29. The van der Waals surface area contributed by atoms with Gasteiger partial charge in [-0.1, -0.05) is 18.2 Å². The SMILES string of the molecule is CC(C)(C)OC(=O)N1CCC(=C(C2=CCNC=[C+]2)c2ccccc2)CC1. The van der Waals surface area contributed by atoms with Gasteiger partial charge in [0.15, 0.2) is 5.57 Å². The van der Waals surface area contributed by atoms with E-state index in [1.165, 1.54) is 16.7 Å². The predicted molar refractivity (Wildman–Crippen MR) is 104 cm³/mol. The number of rotatable bonds is 2. The Balaban J connectivity index is 1.81. The molecule has 0 atom stereocenters. The molecule has 136 valence electrons. The van der Waals surface area contributed by atoms with Crippen LogP contribution in [0.15, 0.2) is 53.8 Å². The van der Waals surface area contributed by atoms with E-state index in [0.29, 0.717) is 13.1 Å². The molecule has 0 radical (unpaired) electrons. The lowest BCUT2D eigenvalue weighted by atomic mass is 9.87. The number of amides is 1. The van der Waals surface area contributed by atoms with Crippen molar-refractivity contribution in [1.82, 2.24) is 10.2 Å². The van der Waals surface area contributed by atoms with E-state index in [0.717, 1.165) is 25.0 Å². The van der Waals surface area contributed by atoms with Gasteiger partial charge in [0.05, 0.1) is 24.3 Å². The van der Waals surface area contributed by atoms with Crippen LogP contribution in [0.1, 0.15) is 39.2 Å². The van der Waals surface area contributed by atoms with Crippen LogP contribution in [0, 0.1) is 6.08 Å². The van der Waals surface area contributed by atoms with E-state index in [1.54, 1.807) is 0 Å². The molecular weight excluding hydrogens is 324 g/mol. The molecule has 1 fully saturated rings. The lowest BCUT2D eigenvalue weighted by Gasteiger charge is -2.31. The summed E-state index contributed by atoms with van der Waals surface area (Å²) in [6.45, 7) is 7.90. The Morgan fingerprint density at radius 2 is 1.85 bits per heavy atom. The Morgan fingerprint density at radius 1 is 1.15 bits per heavy atom. The number of ether oxygens (including phenoxy) is 1. The Labute approximate surface area is 156 Å². The van der Waals surface area contributed by atoms with Crippen LogP contribution < -0.4 is 5.32 Å². The fourth-order valence-electron chi connectivity index (χ4n) is 3.27. The summed E-state index contributed by atoms with van der Waals surface area (Å²) < 4.78 is 5.51. The topological polar surface area (TPSA) is 41.6 Å². The van der Waals surface area contributed by atoms with Crippen LogP contribution in [0.4, 0.5) is 4.79 Å². The fourth-order valence-corrected chi connectivity index (χ4v) is 3.27. The third kappa shape index (κ3) is 4.53. The number of carbonyl (C=O) groups excluding carboxylic acids is 1. The first-order valence-electron chi connectivity index (χ1n) is 9.21. The van der Waals surface area contributed by atoms with Crippen LogP contribution in [0.5, 0.6) is 0 Å². The molecule has 0 spiro atoms. The van der Waals surface area contributed by atoms with Crippen molar-refractivity contribution in [3.05, 3.63) is 65.4 Å². The number of carbonyl (C=O) groups is 1. The molecule has 1 N–H and O–H groups in total. The molecule has 3 rings (SSSR count). The summed E-state index contributed by atoms with van der Waals surface area (Å²) in [6.07, 6.45) is 8.90. The Morgan fingerprint density at radius 3 is 2.42 bits per heavy atom. The van der Waals surface area contributed by atoms with Crippen LogP contribution in [0.2, 0.25) is 0 Å². The highest BCUT2D eigenvalue weighted by molar-refractivity contribution is 5.83. The summed E-state index contributed by atoms with van der Waals surface area (Å²) in [5, 5.41) is 3.16. The van der Waals surface area contributed by atoms with Gasteiger partial charge in [-0.05, 0) is 51.3 Å². The van der Waals surface area contributed by atoms with E-state index in [9.17, 15) is 4.79 Å². The third-order valence-corrected chi connectivity index (χ3v) is 4.46. The van der Waals surface area contributed by atoms with Crippen molar-refractivity contribution in [3.8, 4) is 0 Å². The molecule has 2 aliphatic heterocycles. The van der Waals surface area contributed by atoms with Crippen LogP contribution in [-0.4, -0.2) is 36.2 Å². The van der Waals surface area contributed by atoms with E-state index in [4.69, 9.17) is 4.74 Å². The third-order valence-electron chi connectivity index (χ3n) is 4.46. The van der Waals surface area contributed by atoms with Crippen LogP contribution >= 0.6 is 0 Å². The summed E-state index contributed by atoms with van der Waals surface area (Å²) >= 11 is 0. The van der Waals surface area contributed by atoms with Crippen molar-refractivity contribution in [2.24, 2.45) is 0 Å². The molecule has 0 bridgehead atoms. The smallest absolute Gasteiger partial charge is 0.410 e. The van der Waals surface area contributed by atoms with Gasteiger partial charge in [-0.15, -0.1) is 0 Å². The maximum Gasteiger partial charge on any atom is 0.410 e. The molecule has 1 aromatic rings. The van der Waals surface area contributed by atoms with E-state index in [2.05, 4.69) is 41.7 Å². The van der Waals surface area contributed by atoms with Crippen molar-refractivity contribution in [1.29, 1.82) is 0 Å². The van der Waals surface area contributed by atoms with Gasteiger partial charge in [0, 0.05) is 18.7 Å². The number of benzene rings is 1. The van der Waals surface area contributed by atoms with E-state index >= 15 is 0 Å². The van der Waals surface area contributed by atoms with Gasteiger partial charge in [0.2, 0.25) is 0 Å². The van der Waals surface area contributed by atoms with Gasteiger partial charge in [-0.2, -0.15) is 0 Å². The molecule has 0 aliphatic carbocycles. The molecule has 0 saturated carbocycles. The largest absolute Gasteiger partial charge is 0.444 e. The second kappa shape index (κ2) is 7.76. The van der Waals surface area contributed by atoms with Crippen molar-refractivity contribution in [2.45, 2.75) is 39.2 Å². The number of piperidine rings is 1. The maximum absolute atomic E-state index is 12.3. The molecule has 2 heterocycles. The summed E-state index contributed by atoms with van der Waals surface area (Å²) in [4.78, 5) is 14.1. The minimum absolute atomic E-state index is 0.217. The van der Waals surface area contributed by atoms with E-state index in [1.807, 2.05) is 37.9 Å². The Hall–Kier alpha value is -2.58.